The van der Waals surface area contributed by atoms with Crippen LogP contribution in [-0.4, -0.2) is 27.3 Å². The number of nitrogens with one attached hydrogen (secondary N) is 1. The van der Waals surface area contributed by atoms with Crippen LogP contribution in [0.5, 0.6) is 0 Å². The highest BCUT2D eigenvalue weighted by Gasteiger charge is 2.31. The lowest BCUT2D eigenvalue weighted by Crippen LogP contribution is -2.31. The lowest BCUT2D eigenvalue weighted by molar-refractivity contribution is -0.137. The van der Waals surface area contributed by atoms with Crippen LogP contribution in [0.3, 0.4) is 0 Å². The third-order valence-corrected chi connectivity index (χ3v) is 7.63. The van der Waals surface area contributed by atoms with E-state index in [-0.39, 0.29) is 22.3 Å². The Hall–Kier alpha value is -2.33. The first-order chi connectivity index (χ1) is 15.2. The number of hydrogen-bond acceptors (Lipinski definition) is 5. The van der Waals surface area contributed by atoms with Crippen molar-refractivity contribution in [2.24, 2.45) is 0 Å². The smallest absolute Gasteiger partial charge is 0.355 e. The predicted molar refractivity (Wildman–Crippen MR) is 121 cm³/mol. The first-order valence-corrected chi connectivity index (χ1v) is 12.1. The Morgan fingerprint density at radius 1 is 1.31 bits per heavy atom. The third kappa shape index (κ3) is 4.30. The molecule has 0 saturated carbocycles. The molecule has 1 aromatic carbocycles. The number of nitrogens with zero attached hydrogens (tertiary/aromatic N) is 2. The van der Waals surface area contributed by atoms with Gasteiger partial charge in [-0.2, -0.15) is 13.2 Å². The molecule has 3 aromatic rings. The van der Waals surface area contributed by atoms with Gasteiger partial charge in [0.15, 0.2) is 5.16 Å². The van der Waals surface area contributed by atoms with E-state index in [0.29, 0.717) is 16.8 Å². The van der Waals surface area contributed by atoms with Crippen molar-refractivity contribution >= 4 is 39.2 Å². The average molecular weight is 482 g/mol. The second kappa shape index (κ2) is 8.90. The summed E-state index contributed by atoms with van der Waals surface area (Å²) in [4.78, 5) is 32.3. The third-order valence-electron chi connectivity index (χ3n) is 5.39. The molecule has 4 rings (SSSR count). The van der Waals surface area contributed by atoms with Crippen molar-refractivity contribution in [3.63, 3.8) is 0 Å². The summed E-state index contributed by atoms with van der Waals surface area (Å²) in [6, 6.07) is 4.66. The van der Waals surface area contributed by atoms with Crippen LogP contribution >= 0.6 is 23.1 Å². The molecule has 170 valence electrons. The van der Waals surface area contributed by atoms with Crippen LogP contribution in [0.4, 0.5) is 13.2 Å². The number of rotatable bonds is 5. The molecule has 2 heterocycles. The summed E-state index contributed by atoms with van der Waals surface area (Å²) in [6.07, 6.45) is -0.905. The van der Waals surface area contributed by atoms with Crippen molar-refractivity contribution in [2.75, 3.05) is 6.54 Å². The van der Waals surface area contributed by atoms with E-state index in [9.17, 15) is 22.8 Å². The van der Waals surface area contributed by atoms with E-state index in [2.05, 4.69) is 10.3 Å². The van der Waals surface area contributed by atoms with Crippen LogP contribution in [-0.2, 0) is 23.8 Å². The van der Waals surface area contributed by atoms with Crippen molar-refractivity contribution in [2.45, 2.75) is 56.1 Å². The second-order valence-electron chi connectivity index (χ2n) is 7.63. The summed E-state index contributed by atoms with van der Waals surface area (Å²) in [5.41, 5.74) is -0.190. The van der Waals surface area contributed by atoms with E-state index >= 15 is 0 Å². The molecule has 32 heavy (non-hydrogen) atoms. The van der Waals surface area contributed by atoms with Crippen LogP contribution in [0.15, 0.2) is 34.2 Å². The van der Waals surface area contributed by atoms with Gasteiger partial charge in [-0.3, -0.25) is 14.2 Å². The van der Waals surface area contributed by atoms with Gasteiger partial charge in [0.25, 0.3) is 5.56 Å². The molecule has 1 N–H and O–H groups in total. The zero-order chi connectivity index (χ0) is 23.0. The van der Waals surface area contributed by atoms with Crippen LogP contribution in [0.25, 0.3) is 15.9 Å². The Balaban J connectivity index is 1.93. The molecule has 1 amide bonds. The van der Waals surface area contributed by atoms with Gasteiger partial charge in [0.05, 0.1) is 21.9 Å². The average Bonchev–Trinajstić information content (AvgIpc) is 3.12. The number of fused-ring (bicyclic) bond motifs is 3. The number of alkyl halides is 3. The molecule has 10 heteroatoms. The van der Waals surface area contributed by atoms with Crippen LogP contribution in [0, 0.1) is 0 Å². The maximum absolute atomic E-state index is 13.7. The number of halogens is 3. The van der Waals surface area contributed by atoms with Gasteiger partial charge in [0.2, 0.25) is 5.91 Å². The summed E-state index contributed by atoms with van der Waals surface area (Å²) in [6.45, 7) is 3.94. The SMILES string of the molecule is CCNC(=O)C(C)Sc1nc2sc3c(c2c(=O)n1-c1cccc(C(F)(F)F)c1)CCCC3. The Kier molecular flexibility index (Phi) is 6.35. The fourth-order valence-electron chi connectivity index (χ4n) is 3.84. The van der Waals surface area contributed by atoms with E-state index in [1.165, 1.54) is 28.0 Å². The molecule has 0 bridgehead atoms. The molecule has 1 aliphatic rings. The first-order valence-electron chi connectivity index (χ1n) is 10.4. The Morgan fingerprint density at radius 3 is 2.78 bits per heavy atom. The van der Waals surface area contributed by atoms with Crippen molar-refractivity contribution in [3.05, 3.63) is 50.6 Å². The van der Waals surface area contributed by atoms with E-state index in [1.807, 2.05) is 0 Å². The van der Waals surface area contributed by atoms with E-state index < -0.39 is 17.0 Å². The summed E-state index contributed by atoms with van der Waals surface area (Å²) in [7, 11) is 0. The summed E-state index contributed by atoms with van der Waals surface area (Å²) >= 11 is 2.53. The van der Waals surface area contributed by atoms with Crippen molar-refractivity contribution < 1.29 is 18.0 Å². The Labute approximate surface area is 191 Å². The minimum absolute atomic E-state index is 0.0839. The number of aromatic nitrogens is 2. The quantitative estimate of drug-likeness (QED) is 0.413. The molecule has 1 atom stereocenters. The van der Waals surface area contributed by atoms with Gasteiger partial charge in [0, 0.05) is 11.4 Å². The number of amides is 1. The molecule has 0 radical (unpaired) electrons. The summed E-state index contributed by atoms with van der Waals surface area (Å²) in [5, 5.41) is 2.84. The highest BCUT2D eigenvalue weighted by Crippen LogP contribution is 2.36. The molecule has 1 unspecified atom stereocenters. The highest BCUT2D eigenvalue weighted by atomic mass is 32.2. The molecule has 0 spiro atoms. The number of hydrogen-bond donors (Lipinski definition) is 1. The van der Waals surface area contributed by atoms with Crippen molar-refractivity contribution in [1.29, 1.82) is 0 Å². The minimum Gasteiger partial charge on any atom is -0.355 e. The van der Waals surface area contributed by atoms with Crippen molar-refractivity contribution in [3.8, 4) is 5.69 Å². The van der Waals surface area contributed by atoms with Crippen molar-refractivity contribution in [1.82, 2.24) is 14.9 Å². The molecule has 1 aliphatic carbocycles. The fourth-order valence-corrected chi connectivity index (χ4v) is 6.10. The molecule has 0 fully saturated rings. The molecule has 0 saturated heterocycles. The van der Waals surface area contributed by atoms with Gasteiger partial charge < -0.3 is 5.32 Å². The molecule has 0 aliphatic heterocycles. The molecule has 5 nitrogen and oxygen atoms in total. The number of carbonyl (C=O) groups is 1. The van der Waals surface area contributed by atoms with E-state index in [0.717, 1.165) is 60.0 Å². The lowest BCUT2D eigenvalue weighted by atomic mass is 9.97. The highest BCUT2D eigenvalue weighted by molar-refractivity contribution is 8.00. The number of thiophene rings is 1. The lowest BCUT2D eigenvalue weighted by Gasteiger charge is -2.17. The Bertz CT molecular complexity index is 1230. The molecular weight excluding hydrogens is 459 g/mol. The number of aryl methyl sites for hydroxylation is 2. The van der Waals surface area contributed by atoms with Gasteiger partial charge in [-0.15, -0.1) is 11.3 Å². The number of thioether (sulfide) groups is 1. The number of benzene rings is 1. The largest absolute Gasteiger partial charge is 0.416 e. The maximum atomic E-state index is 13.7. The Morgan fingerprint density at radius 2 is 2.06 bits per heavy atom. The van der Waals surface area contributed by atoms with Crippen LogP contribution < -0.4 is 10.9 Å². The van der Waals surface area contributed by atoms with Crippen LogP contribution in [0.2, 0.25) is 0 Å². The monoisotopic (exact) mass is 481 g/mol. The van der Waals surface area contributed by atoms with Crippen LogP contribution in [0.1, 0.15) is 42.7 Å². The van der Waals surface area contributed by atoms with Gasteiger partial charge in [-0.25, -0.2) is 4.98 Å². The summed E-state index contributed by atoms with van der Waals surface area (Å²) in [5.74, 6) is -0.229. The first kappa shape index (κ1) is 22.8. The normalized spacial score (nSPS) is 14.9. The maximum Gasteiger partial charge on any atom is 0.416 e. The number of carbonyl (C=O) groups excluding carboxylic acids is 1. The second-order valence-corrected chi connectivity index (χ2v) is 10.0. The van der Waals surface area contributed by atoms with Gasteiger partial charge in [-0.05, 0) is 63.3 Å². The topological polar surface area (TPSA) is 64.0 Å². The predicted octanol–water partition coefficient (Wildman–Crippen LogP) is 4.96. The minimum atomic E-state index is -4.54. The fraction of sp³-hybridized carbons (Fsp3) is 0.409. The molecular formula is C22H22F3N3O2S2. The molecule has 2 aromatic heterocycles. The zero-order valence-corrected chi connectivity index (χ0v) is 19.2. The van der Waals surface area contributed by atoms with Gasteiger partial charge in [0.1, 0.15) is 4.83 Å². The zero-order valence-electron chi connectivity index (χ0n) is 17.6. The standard InChI is InChI=1S/C22H22F3N3O2S2/c1-3-26-18(29)12(2)31-21-27-19-17(15-9-4-5-10-16(15)32-19)20(30)28(21)14-8-6-7-13(11-14)22(23,24)25/h6-8,11-12H,3-5,9-10H2,1-2H3,(H,26,29). The van der Waals surface area contributed by atoms with E-state index in [4.69, 9.17) is 0 Å². The summed E-state index contributed by atoms with van der Waals surface area (Å²) < 4.78 is 41.3. The van der Waals surface area contributed by atoms with Gasteiger partial charge in [-0.1, -0.05) is 17.8 Å². The van der Waals surface area contributed by atoms with E-state index in [1.54, 1.807) is 13.8 Å². The van der Waals surface area contributed by atoms with Gasteiger partial charge >= 0.3 is 6.18 Å².